The van der Waals surface area contributed by atoms with Crippen molar-refractivity contribution in [3.63, 3.8) is 0 Å². The van der Waals surface area contributed by atoms with Crippen LogP contribution in [0.2, 0.25) is 0 Å². The van der Waals surface area contributed by atoms with Crippen molar-refractivity contribution in [2.75, 3.05) is 13.7 Å². The summed E-state index contributed by atoms with van der Waals surface area (Å²) in [6.45, 7) is -0.392. The minimum Gasteiger partial charge on any atom is -0.493 e. The molecule has 0 saturated heterocycles. The molecule has 2 N–H and O–H groups in total. The summed E-state index contributed by atoms with van der Waals surface area (Å²) >= 11 is 0. The van der Waals surface area contributed by atoms with Crippen LogP contribution in [-0.2, 0) is 0 Å². The number of halogens is 2. The molecular weight excluding hydrogens is 192 g/mol. The lowest BCUT2D eigenvalue weighted by atomic mass is 10.1. The van der Waals surface area contributed by atoms with Gasteiger partial charge in [-0.25, -0.2) is 8.78 Å². The van der Waals surface area contributed by atoms with Crippen molar-refractivity contribution in [1.82, 2.24) is 0 Å². The van der Waals surface area contributed by atoms with E-state index in [1.54, 1.807) is 0 Å². The number of ether oxygens (including phenoxy) is 1. The molecule has 1 aromatic rings. The molecule has 0 atom stereocenters. The van der Waals surface area contributed by atoms with Crippen LogP contribution in [-0.4, -0.2) is 19.4 Å². The van der Waals surface area contributed by atoms with E-state index in [1.165, 1.54) is 0 Å². The largest absolute Gasteiger partial charge is 0.493 e. The Kier molecular flexibility index (Phi) is 3.14. The Bertz CT molecular complexity index is 366. The topological polar surface area (TPSA) is 52.3 Å². The molecule has 0 aliphatic heterocycles. The molecule has 0 amide bonds. The van der Waals surface area contributed by atoms with E-state index in [-0.39, 0.29) is 0 Å². The smallest absolute Gasteiger partial charge is 0.183 e. The Morgan fingerprint density at radius 2 is 2.00 bits per heavy atom. The summed E-state index contributed by atoms with van der Waals surface area (Å²) in [6.07, 6.45) is 0. The van der Waals surface area contributed by atoms with Crippen molar-refractivity contribution in [3.8, 4) is 5.75 Å². The first-order valence-corrected chi connectivity index (χ1v) is 3.87. The molecule has 0 unspecified atom stereocenters. The lowest BCUT2D eigenvalue weighted by Gasteiger charge is -2.08. The third-order valence-electron chi connectivity index (χ3n) is 1.73. The summed E-state index contributed by atoms with van der Waals surface area (Å²) < 4.78 is 30.8. The zero-order valence-electron chi connectivity index (χ0n) is 7.51. The van der Waals surface area contributed by atoms with Gasteiger partial charge in [-0.2, -0.15) is 0 Å². The van der Waals surface area contributed by atoms with E-state index in [0.717, 1.165) is 19.2 Å². The van der Waals surface area contributed by atoms with Crippen LogP contribution >= 0.6 is 0 Å². The zero-order valence-corrected chi connectivity index (χ0v) is 7.51. The van der Waals surface area contributed by atoms with Gasteiger partial charge in [-0.1, -0.05) is 0 Å². The Morgan fingerprint density at radius 1 is 1.43 bits per heavy atom. The molecule has 3 nitrogen and oxygen atoms in total. The summed E-state index contributed by atoms with van der Waals surface area (Å²) in [4.78, 5) is 11.2. The summed E-state index contributed by atoms with van der Waals surface area (Å²) in [7, 11) is 1.16. The number of methoxy groups -OCH3 is 1. The second-order valence-electron chi connectivity index (χ2n) is 2.56. The lowest BCUT2D eigenvalue weighted by molar-refractivity contribution is 0.0993. The lowest BCUT2D eigenvalue weighted by Crippen LogP contribution is -2.16. The van der Waals surface area contributed by atoms with Gasteiger partial charge < -0.3 is 10.5 Å². The molecule has 0 fully saturated rings. The van der Waals surface area contributed by atoms with Crippen molar-refractivity contribution in [3.05, 3.63) is 29.3 Å². The van der Waals surface area contributed by atoms with Crippen LogP contribution in [0.3, 0.4) is 0 Å². The Labute approximate surface area is 79.5 Å². The molecule has 14 heavy (non-hydrogen) atoms. The van der Waals surface area contributed by atoms with E-state index in [1.807, 2.05) is 0 Å². The average molecular weight is 201 g/mol. The number of nitrogens with two attached hydrogens (primary N) is 1. The van der Waals surface area contributed by atoms with Gasteiger partial charge in [0.05, 0.1) is 19.2 Å². The third-order valence-corrected chi connectivity index (χ3v) is 1.73. The summed E-state index contributed by atoms with van der Waals surface area (Å²) in [5.41, 5.74) is 4.62. The fourth-order valence-corrected chi connectivity index (χ4v) is 1.09. The molecule has 5 heteroatoms. The zero-order chi connectivity index (χ0) is 10.7. The van der Waals surface area contributed by atoms with Gasteiger partial charge in [-0.15, -0.1) is 0 Å². The van der Waals surface area contributed by atoms with E-state index in [9.17, 15) is 13.6 Å². The maximum Gasteiger partial charge on any atom is 0.183 e. The van der Waals surface area contributed by atoms with Gasteiger partial charge in [-0.3, -0.25) is 4.79 Å². The molecule has 0 aliphatic rings. The van der Waals surface area contributed by atoms with Gasteiger partial charge in [0.25, 0.3) is 0 Å². The van der Waals surface area contributed by atoms with Gasteiger partial charge in [0, 0.05) is 0 Å². The van der Waals surface area contributed by atoms with Crippen LogP contribution < -0.4 is 10.5 Å². The number of hydrogen-bond donors (Lipinski definition) is 1. The van der Waals surface area contributed by atoms with Crippen molar-refractivity contribution >= 4 is 5.78 Å². The van der Waals surface area contributed by atoms with E-state index in [4.69, 9.17) is 5.73 Å². The number of Topliss-reactive ketones (excluding diaryl/α,β-unsaturated/α-hetero) is 1. The van der Waals surface area contributed by atoms with Crippen LogP contribution in [0.1, 0.15) is 10.4 Å². The Hall–Kier alpha value is -1.49. The Balaban J connectivity index is 3.37. The van der Waals surface area contributed by atoms with Gasteiger partial charge in [0.15, 0.2) is 17.3 Å². The molecule has 0 bridgehead atoms. The third kappa shape index (κ3) is 1.72. The average Bonchev–Trinajstić information content (AvgIpc) is 2.19. The van der Waals surface area contributed by atoms with Crippen LogP contribution in [0, 0.1) is 11.6 Å². The first-order valence-electron chi connectivity index (χ1n) is 3.87. The van der Waals surface area contributed by atoms with E-state index >= 15 is 0 Å². The number of hydrogen-bond acceptors (Lipinski definition) is 3. The predicted molar refractivity (Wildman–Crippen MR) is 46.3 cm³/mol. The van der Waals surface area contributed by atoms with Crippen molar-refractivity contribution < 1.29 is 18.3 Å². The highest BCUT2D eigenvalue weighted by Crippen LogP contribution is 2.25. The van der Waals surface area contributed by atoms with Crippen LogP contribution in [0.15, 0.2) is 12.1 Å². The van der Waals surface area contributed by atoms with Crippen molar-refractivity contribution in [2.24, 2.45) is 5.73 Å². The second-order valence-corrected chi connectivity index (χ2v) is 2.56. The molecule has 0 aromatic heterocycles. The monoisotopic (exact) mass is 201 g/mol. The molecule has 0 heterocycles. The molecule has 0 spiro atoms. The number of ketones is 1. The van der Waals surface area contributed by atoms with Crippen LogP contribution in [0.25, 0.3) is 0 Å². The van der Waals surface area contributed by atoms with Crippen molar-refractivity contribution in [2.45, 2.75) is 0 Å². The molecule has 0 saturated carbocycles. The molecule has 1 aromatic carbocycles. The van der Waals surface area contributed by atoms with E-state index < -0.39 is 35.3 Å². The summed E-state index contributed by atoms with van der Waals surface area (Å²) in [5, 5.41) is 0. The highest BCUT2D eigenvalue weighted by Gasteiger charge is 2.19. The molecular formula is C9H9F2NO2. The standard InChI is InChI=1S/C9H9F2NO2/c1-14-9-6(11)3-2-5(10)8(9)7(13)4-12/h2-3H,4,12H2,1H3. The minimum atomic E-state index is -0.835. The SMILES string of the molecule is COc1c(F)ccc(F)c1C(=O)CN. The number of carbonyl (C=O) groups excluding carboxylic acids is 1. The molecule has 76 valence electrons. The molecule has 1 rings (SSSR count). The van der Waals surface area contributed by atoms with Crippen LogP contribution in [0.5, 0.6) is 5.75 Å². The normalized spacial score (nSPS) is 10.0. The van der Waals surface area contributed by atoms with E-state index in [2.05, 4.69) is 4.74 Å². The first kappa shape index (κ1) is 10.6. The number of rotatable bonds is 3. The van der Waals surface area contributed by atoms with Gasteiger partial charge in [-0.05, 0) is 12.1 Å². The first-order chi connectivity index (χ1) is 6.61. The number of carbonyl (C=O) groups is 1. The van der Waals surface area contributed by atoms with Gasteiger partial charge in [0.2, 0.25) is 0 Å². The summed E-state index contributed by atoms with van der Waals surface area (Å²) in [5.74, 6) is -2.72. The second kappa shape index (κ2) is 4.15. The van der Waals surface area contributed by atoms with Gasteiger partial charge >= 0.3 is 0 Å². The number of benzene rings is 1. The Morgan fingerprint density at radius 3 is 2.50 bits per heavy atom. The highest BCUT2D eigenvalue weighted by atomic mass is 19.1. The fourth-order valence-electron chi connectivity index (χ4n) is 1.09. The van der Waals surface area contributed by atoms with E-state index in [0.29, 0.717) is 0 Å². The highest BCUT2D eigenvalue weighted by molar-refractivity contribution is 6.00. The van der Waals surface area contributed by atoms with Crippen LogP contribution in [0.4, 0.5) is 8.78 Å². The summed E-state index contributed by atoms with van der Waals surface area (Å²) in [6, 6.07) is 1.75. The minimum absolute atomic E-state index is 0.392. The van der Waals surface area contributed by atoms with Gasteiger partial charge in [0.1, 0.15) is 5.82 Å². The maximum absolute atomic E-state index is 13.1. The maximum atomic E-state index is 13.1. The molecule has 0 aliphatic carbocycles. The predicted octanol–water partition coefficient (Wildman–Crippen LogP) is 1.11. The fraction of sp³-hybridized carbons (Fsp3) is 0.222. The molecule has 0 radical (unpaired) electrons. The van der Waals surface area contributed by atoms with Crippen molar-refractivity contribution in [1.29, 1.82) is 0 Å². The quantitative estimate of drug-likeness (QED) is 0.745.